The molecular formula is C9H11F2N3O2. The Kier molecular flexibility index (Phi) is 3.73. The molecule has 16 heavy (non-hydrogen) atoms. The molecule has 0 saturated heterocycles. The van der Waals surface area contributed by atoms with E-state index >= 15 is 0 Å². The van der Waals surface area contributed by atoms with Crippen molar-refractivity contribution in [2.75, 3.05) is 5.73 Å². The topological polar surface area (TPSA) is 102 Å². The molecule has 7 heteroatoms. The van der Waals surface area contributed by atoms with E-state index in [4.69, 9.17) is 16.6 Å². The first-order valence-electron chi connectivity index (χ1n) is 4.43. The van der Waals surface area contributed by atoms with Crippen LogP contribution in [0, 0.1) is 0 Å². The third-order valence-corrected chi connectivity index (χ3v) is 2.02. The van der Waals surface area contributed by atoms with Gasteiger partial charge in [-0.05, 0) is 11.6 Å². The van der Waals surface area contributed by atoms with Gasteiger partial charge >= 0.3 is 5.97 Å². The number of nitrogens with two attached hydrogens (primary N) is 2. The molecule has 0 aromatic carbocycles. The van der Waals surface area contributed by atoms with Gasteiger partial charge in [0.15, 0.2) is 0 Å². The molecule has 1 aromatic rings. The van der Waals surface area contributed by atoms with Gasteiger partial charge < -0.3 is 16.6 Å². The van der Waals surface area contributed by atoms with E-state index in [0.29, 0.717) is 0 Å². The molecule has 88 valence electrons. The van der Waals surface area contributed by atoms with Crippen LogP contribution in [0.4, 0.5) is 14.6 Å². The van der Waals surface area contributed by atoms with E-state index in [1.54, 1.807) is 0 Å². The minimum atomic E-state index is -2.79. The highest BCUT2D eigenvalue weighted by molar-refractivity contribution is 5.71. The number of halogens is 2. The van der Waals surface area contributed by atoms with E-state index in [0.717, 1.165) is 6.07 Å². The number of hydrogen-bond acceptors (Lipinski definition) is 4. The van der Waals surface area contributed by atoms with Crippen molar-refractivity contribution in [2.45, 2.75) is 19.4 Å². The highest BCUT2D eigenvalue weighted by atomic mass is 19.3. The van der Waals surface area contributed by atoms with E-state index in [2.05, 4.69) is 4.98 Å². The van der Waals surface area contributed by atoms with Gasteiger partial charge in [0.2, 0.25) is 0 Å². The van der Waals surface area contributed by atoms with Gasteiger partial charge in [0.25, 0.3) is 6.43 Å². The van der Waals surface area contributed by atoms with Gasteiger partial charge in [-0.3, -0.25) is 4.79 Å². The Hall–Kier alpha value is -1.76. The summed E-state index contributed by atoms with van der Waals surface area (Å²) < 4.78 is 25.0. The number of carbonyl (C=O) groups is 1. The van der Waals surface area contributed by atoms with Crippen molar-refractivity contribution in [2.24, 2.45) is 5.73 Å². The fourth-order valence-corrected chi connectivity index (χ4v) is 1.29. The van der Waals surface area contributed by atoms with E-state index < -0.39 is 24.4 Å². The summed E-state index contributed by atoms with van der Waals surface area (Å²) in [5, 5.41) is 8.60. The largest absolute Gasteiger partial charge is 0.481 e. The maximum absolute atomic E-state index is 12.5. The summed E-state index contributed by atoms with van der Waals surface area (Å²) in [7, 11) is 0. The second-order valence-corrected chi connectivity index (χ2v) is 3.14. The Bertz CT molecular complexity index is 410. The van der Waals surface area contributed by atoms with Crippen molar-refractivity contribution in [1.82, 2.24) is 4.98 Å². The molecule has 0 atom stereocenters. The van der Waals surface area contributed by atoms with Crippen LogP contribution < -0.4 is 11.5 Å². The summed E-state index contributed by atoms with van der Waals surface area (Å²) >= 11 is 0. The lowest BCUT2D eigenvalue weighted by atomic mass is 10.1. The molecule has 0 aliphatic rings. The number of carboxylic acid groups (broad SMARTS) is 1. The molecule has 1 rings (SSSR count). The van der Waals surface area contributed by atoms with Gasteiger partial charge in [-0.1, -0.05) is 0 Å². The Morgan fingerprint density at radius 3 is 2.62 bits per heavy atom. The number of alkyl halides is 2. The highest BCUT2D eigenvalue weighted by Gasteiger charge is 2.17. The van der Waals surface area contributed by atoms with Crippen LogP contribution in [-0.4, -0.2) is 16.1 Å². The number of carboxylic acids is 1. The summed E-state index contributed by atoms with van der Waals surface area (Å²) in [6.07, 6.45) is -3.19. The Labute approximate surface area is 90.1 Å². The van der Waals surface area contributed by atoms with Gasteiger partial charge in [-0.25, -0.2) is 13.8 Å². The first-order chi connectivity index (χ1) is 7.45. The summed E-state index contributed by atoms with van der Waals surface area (Å²) in [5.41, 5.74) is 10.6. The number of nitrogen functional groups attached to an aromatic ring is 1. The second-order valence-electron chi connectivity index (χ2n) is 3.14. The summed E-state index contributed by atoms with van der Waals surface area (Å²) in [5.74, 6) is -1.45. The van der Waals surface area contributed by atoms with Gasteiger partial charge in [-0.2, -0.15) is 0 Å². The molecule has 0 amide bonds. The van der Waals surface area contributed by atoms with Crippen LogP contribution in [0.5, 0.6) is 0 Å². The second kappa shape index (κ2) is 4.84. The zero-order chi connectivity index (χ0) is 12.3. The van der Waals surface area contributed by atoms with Crippen molar-refractivity contribution < 1.29 is 18.7 Å². The molecular weight excluding hydrogens is 220 g/mol. The minimum absolute atomic E-state index is 0.0453. The zero-order valence-corrected chi connectivity index (χ0v) is 8.28. The predicted octanol–water partition coefficient (Wildman–Crippen LogP) is 0.687. The average Bonchev–Trinajstić information content (AvgIpc) is 2.18. The smallest absolute Gasteiger partial charge is 0.307 e. The first kappa shape index (κ1) is 12.3. The highest BCUT2D eigenvalue weighted by Crippen LogP contribution is 2.26. The van der Waals surface area contributed by atoms with E-state index in [1.807, 2.05) is 0 Å². The predicted molar refractivity (Wildman–Crippen MR) is 52.8 cm³/mol. The average molecular weight is 231 g/mol. The number of pyridine rings is 1. The number of hydrogen-bond donors (Lipinski definition) is 3. The fourth-order valence-electron chi connectivity index (χ4n) is 1.29. The molecule has 0 aliphatic heterocycles. The first-order valence-corrected chi connectivity index (χ1v) is 4.43. The van der Waals surface area contributed by atoms with Crippen molar-refractivity contribution in [3.8, 4) is 0 Å². The molecule has 0 radical (unpaired) electrons. The Balaban J connectivity index is 3.22. The third-order valence-electron chi connectivity index (χ3n) is 2.02. The lowest BCUT2D eigenvalue weighted by molar-refractivity contribution is -0.136. The molecule has 5 N–H and O–H groups in total. The number of aromatic nitrogens is 1. The van der Waals surface area contributed by atoms with Crippen LogP contribution in [0.3, 0.4) is 0 Å². The normalized spacial score (nSPS) is 10.8. The van der Waals surface area contributed by atoms with Gasteiger partial charge in [0.05, 0.1) is 17.7 Å². The number of nitrogens with zero attached hydrogens (tertiary/aromatic N) is 1. The van der Waals surface area contributed by atoms with Gasteiger partial charge in [-0.15, -0.1) is 0 Å². The van der Waals surface area contributed by atoms with Crippen molar-refractivity contribution in [3.05, 3.63) is 22.9 Å². The van der Waals surface area contributed by atoms with Crippen LogP contribution in [-0.2, 0) is 17.8 Å². The minimum Gasteiger partial charge on any atom is -0.481 e. The van der Waals surface area contributed by atoms with E-state index in [9.17, 15) is 13.6 Å². The molecule has 1 heterocycles. The lowest BCUT2D eigenvalue weighted by Gasteiger charge is -2.10. The van der Waals surface area contributed by atoms with Crippen molar-refractivity contribution in [3.63, 3.8) is 0 Å². The molecule has 0 saturated carbocycles. The zero-order valence-electron chi connectivity index (χ0n) is 8.28. The molecule has 1 aromatic heterocycles. The van der Waals surface area contributed by atoms with Crippen LogP contribution in [0.25, 0.3) is 0 Å². The van der Waals surface area contributed by atoms with Crippen LogP contribution in [0.1, 0.15) is 23.2 Å². The van der Waals surface area contributed by atoms with Crippen molar-refractivity contribution in [1.29, 1.82) is 0 Å². The van der Waals surface area contributed by atoms with E-state index in [-0.39, 0.29) is 23.6 Å². The maximum atomic E-state index is 12.5. The lowest BCUT2D eigenvalue weighted by Crippen LogP contribution is -2.12. The van der Waals surface area contributed by atoms with E-state index in [1.165, 1.54) is 0 Å². The van der Waals surface area contributed by atoms with Crippen LogP contribution >= 0.6 is 0 Å². The maximum Gasteiger partial charge on any atom is 0.307 e. The number of aliphatic carboxylic acids is 1. The molecule has 0 bridgehead atoms. The fraction of sp³-hybridized carbons (Fsp3) is 0.333. The third kappa shape index (κ3) is 2.63. The van der Waals surface area contributed by atoms with Crippen molar-refractivity contribution >= 4 is 11.8 Å². The summed E-state index contributed by atoms with van der Waals surface area (Å²) in [6, 6.07) is 1.04. The standard InChI is InChI=1S/C9H11F2N3O2/c10-8(11)5-1-4(2-7(15)16)6(3-12)14-9(5)13/h1,8H,2-3,12H2,(H2,13,14)(H,15,16). The molecule has 0 spiro atoms. The Morgan fingerprint density at radius 2 is 2.19 bits per heavy atom. The molecule has 5 nitrogen and oxygen atoms in total. The summed E-state index contributed by atoms with van der Waals surface area (Å²) in [4.78, 5) is 14.2. The van der Waals surface area contributed by atoms with Crippen LogP contribution in [0.15, 0.2) is 6.07 Å². The monoisotopic (exact) mass is 231 g/mol. The molecule has 0 unspecified atom stereocenters. The summed E-state index contributed by atoms with van der Waals surface area (Å²) in [6.45, 7) is -0.0453. The van der Waals surface area contributed by atoms with Gasteiger partial charge in [0, 0.05) is 6.54 Å². The van der Waals surface area contributed by atoms with Gasteiger partial charge in [0.1, 0.15) is 5.82 Å². The van der Waals surface area contributed by atoms with Crippen LogP contribution in [0.2, 0.25) is 0 Å². The quantitative estimate of drug-likeness (QED) is 0.707. The molecule has 0 fully saturated rings. The number of anilines is 1. The SMILES string of the molecule is NCc1nc(N)c(C(F)F)cc1CC(=O)O. The Morgan fingerprint density at radius 1 is 1.56 bits per heavy atom. The number of rotatable bonds is 4. The molecule has 0 aliphatic carbocycles.